The fraction of sp³-hybridized carbons (Fsp3) is 1.00. The Kier molecular flexibility index (Phi) is 5.18. The molecule has 1 rings (SSSR count). The van der Waals surface area contributed by atoms with Gasteiger partial charge in [-0.2, -0.15) is 11.8 Å². The van der Waals surface area contributed by atoms with Gasteiger partial charge in [0, 0.05) is 5.75 Å². The van der Waals surface area contributed by atoms with Crippen LogP contribution < -0.4 is 0 Å². The van der Waals surface area contributed by atoms with Gasteiger partial charge < -0.3 is 5.11 Å². The highest BCUT2D eigenvalue weighted by atomic mass is 32.2. The van der Waals surface area contributed by atoms with Crippen LogP contribution in [0.5, 0.6) is 0 Å². The van der Waals surface area contributed by atoms with Crippen molar-refractivity contribution in [3.63, 3.8) is 0 Å². The van der Waals surface area contributed by atoms with Gasteiger partial charge in [0.25, 0.3) is 0 Å². The van der Waals surface area contributed by atoms with Crippen molar-refractivity contribution in [2.24, 2.45) is 11.8 Å². The van der Waals surface area contributed by atoms with Gasteiger partial charge in [0.05, 0.1) is 6.10 Å². The third-order valence-corrected chi connectivity index (χ3v) is 4.00. The molecule has 3 unspecified atom stereocenters. The normalized spacial score (nSPS) is 31.6. The highest BCUT2D eigenvalue weighted by Gasteiger charge is 2.24. The lowest BCUT2D eigenvalue weighted by Gasteiger charge is -2.30. The molecule has 0 aliphatic heterocycles. The second kappa shape index (κ2) is 5.92. The Morgan fingerprint density at radius 3 is 2.85 bits per heavy atom. The Morgan fingerprint density at radius 2 is 2.23 bits per heavy atom. The van der Waals surface area contributed by atoms with Crippen molar-refractivity contribution in [3.8, 4) is 0 Å². The zero-order chi connectivity index (χ0) is 9.68. The van der Waals surface area contributed by atoms with Gasteiger partial charge in [-0.3, -0.25) is 0 Å². The van der Waals surface area contributed by atoms with Crippen molar-refractivity contribution < 1.29 is 5.11 Å². The number of rotatable bonds is 4. The first-order chi connectivity index (χ1) is 6.24. The van der Waals surface area contributed by atoms with E-state index in [9.17, 15) is 5.11 Å². The Balaban J connectivity index is 2.24. The van der Waals surface area contributed by atoms with Crippen LogP contribution in [-0.2, 0) is 0 Å². The van der Waals surface area contributed by atoms with Gasteiger partial charge >= 0.3 is 0 Å². The van der Waals surface area contributed by atoms with Gasteiger partial charge in [0.1, 0.15) is 0 Å². The fourth-order valence-corrected chi connectivity index (χ4v) is 2.95. The predicted molar refractivity (Wildman–Crippen MR) is 60.1 cm³/mol. The maximum atomic E-state index is 9.90. The molecule has 0 amide bonds. The Labute approximate surface area is 86.3 Å². The molecule has 3 atom stereocenters. The van der Waals surface area contributed by atoms with Crippen LogP contribution in [0, 0.1) is 11.8 Å². The van der Waals surface area contributed by atoms with Crippen LogP contribution in [0.3, 0.4) is 0 Å². The van der Waals surface area contributed by atoms with Gasteiger partial charge in [-0.1, -0.05) is 26.7 Å². The van der Waals surface area contributed by atoms with E-state index in [1.54, 1.807) is 0 Å². The molecule has 0 saturated heterocycles. The lowest BCUT2D eigenvalue weighted by molar-refractivity contribution is 0.0903. The molecule has 78 valence electrons. The van der Waals surface area contributed by atoms with Gasteiger partial charge in [0.15, 0.2) is 0 Å². The Morgan fingerprint density at radius 1 is 1.46 bits per heavy atom. The number of thioether (sulfide) groups is 1. The minimum atomic E-state index is -0.0484. The summed E-state index contributed by atoms with van der Waals surface area (Å²) >= 11 is 1.86. The molecular weight excluding hydrogens is 180 g/mol. The topological polar surface area (TPSA) is 20.2 Å². The van der Waals surface area contributed by atoms with Crippen LogP contribution in [0.4, 0.5) is 0 Å². The average molecular weight is 202 g/mol. The van der Waals surface area contributed by atoms with Crippen LogP contribution in [0.2, 0.25) is 0 Å². The van der Waals surface area contributed by atoms with Crippen LogP contribution in [0.1, 0.15) is 39.5 Å². The van der Waals surface area contributed by atoms with Gasteiger partial charge in [-0.05, 0) is 30.4 Å². The molecule has 0 heterocycles. The number of hydrogen-bond donors (Lipinski definition) is 1. The van der Waals surface area contributed by atoms with Crippen molar-refractivity contribution >= 4 is 11.8 Å². The van der Waals surface area contributed by atoms with Crippen LogP contribution in [0.15, 0.2) is 0 Å². The second-order valence-electron chi connectivity index (χ2n) is 4.26. The van der Waals surface area contributed by atoms with E-state index < -0.39 is 0 Å². The lowest BCUT2D eigenvalue weighted by Crippen LogP contribution is -2.27. The molecule has 0 spiro atoms. The summed E-state index contributed by atoms with van der Waals surface area (Å²) in [5, 5.41) is 9.90. The van der Waals surface area contributed by atoms with Crippen molar-refractivity contribution in [2.45, 2.75) is 45.6 Å². The molecule has 1 aliphatic rings. The van der Waals surface area contributed by atoms with Gasteiger partial charge in [-0.15, -0.1) is 0 Å². The number of hydrogen-bond acceptors (Lipinski definition) is 2. The maximum absolute atomic E-state index is 9.90. The first kappa shape index (κ1) is 11.4. The monoisotopic (exact) mass is 202 g/mol. The lowest BCUT2D eigenvalue weighted by atomic mass is 9.80. The number of aliphatic hydroxyl groups excluding tert-OH is 1. The molecule has 1 nitrogen and oxygen atoms in total. The summed E-state index contributed by atoms with van der Waals surface area (Å²) in [6.07, 6.45) is 5.12. The molecule has 0 aromatic rings. The van der Waals surface area contributed by atoms with E-state index in [0.29, 0.717) is 5.92 Å². The molecule has 1 aliphatic carbocycles. The highest BCUT2D eigenvalue weighted by Crippen LogP contribution is 2.31. The largest absolute Gasteiger partial charge is 0.392 e. The van der Waals surface area contributed by atoms with Crippen LogP contribution in [0.25, 0.3) is 0 Å². The molecule has 1 N–H and O–H groups in total. The van der Waals surface area contributed by atoms with Crippen LogP contribution in [-0.4, -0.2) is 22.7 Å². The zero-order valence-electron chi connectivity index (χ0n) is 8.83. The van der Waals surface area contributed by atoms with E-state index >= 15 is 0 Å². The van der Waals surface area contributed by atoms with E-state index in [-0.39, 0.29) is 6.10 Å². The summed E-state index contributed by atoms with van der Waals surface area (Å²) in [6, 6.07) is 0. The van der Waals surface area contributed by atoms with E-state index in [4.69, 9.17) is 0 Å². The molecule has 1 fully saturated rings. The molecule has 13 heavy (non-hydrogen) atoms. The molecule has 0 aromatic heterocycles. The summed E-state index contributed by atoms with van der Waals surface area (Å²) in [5.41, 5.74) is 0. The van der Waals surface area contributed by atoms with Crippen molar-refractivity contribution in [1.82, 2.24) is 0 Å². The minimum Gasteiger partial charge on any atom is -0.392 e. The average Bonchev–Trinajstić information content (AvgIpc) is 2.14. The Bertz CT molecular complexity index is 138. The van der Waals surface area contributed by atoms with Crippen molar-refractivity contribution in [3.05, 3.63) is 0 Å². The highest BCUT2D eigenvalue weighted by molar-refractivity contribution is 7.99. The Hall–Kier alpha value is 0.310. The third-order valence-electron chi connectivity index (χ3n) is 3.01. The quantitative estimate of drug-likeness (QED) is 0.756. The molecule has 2 heteroatoms. The minimum absolute atomic E-state index is 0.0484. The summed E-state index contributed by atoms with van der Waals surface area (Å²) in [6.45, 7) is 4.47. The standard InChI is InChI=1S/C11H22OS/c1-3-13-8-11(12)10-6-4-5-9(2)7-10/h9-12H,3-8H2,1-2H3. The molecular formula is C11H22OS. The second-order valence-corrected chi connectivity index (χ2v) is 5.58. The van der Waals surface area contributed by atoms with Crippen molar-refractivity contribution in [2.75, 3.05) is 11.5 Å². The predicted octanol–water partition coefficient (Wildman–Crippen LogP) is 2.93. The van der Waals surface area contributed by atoms with Crippen molar-refractivity contribution in [1.29, 1.82) is 0 Å². The molecule has 1 saturated carbocycles. The van der Waals surface area contributed by atoms with Gasteiger partial charge in [0.2, 0.25) is 0 Å². The summed E-state index contributed by atoms with van der Waals surface area (Å²) < 4.78 is 0. The smallest absolute Gasteiger partial charge is 0.0658 e. The summed E-state index contributed by atoms with van der Waals surface area (Å²) in [7, 11) is 0. The molecule has 0 aromatic carbocycles. The van der Waals surface area contributed by atoms with E-state index in [1.807, 2.05) is 11.8 Å². The van der Waals surface area contributed by atoms with Gasteiger partial charge in [-0.25, -0.2) is 0 Å². The van der Waals surface area contributed by atoms with E-state index in [2.05, 4.69) is 13.8 Å². The molecule has 0 radical (unpaired) electrons. The zero-order valence-corrected chi connectivity index (χ0v) is 9.65. The third kappa shape index (κ3) is 3.90. The number of aliphatic hydroxyl groups is 1. The summed E-state index contributed by atoms with van der Waals surface area (Å²) in [4.78, 5) is 0. The van der Waals surface area contributed by atoms with Crippen LogP contribution >= 0.6 is 11.8 Å². The first-order valence-corrected chi connectivity index (χ1v) is 6.65. The maximum Gasteiger partial charge on any atom is 0.0658 e. The van der Waals surface area contributed by atoms with E-state index in [1.165, 1.54) is 25.7 Å². The summed E-state index contributed by atoms with van der Waals surface area (Å²) in [5.74, 6) is 3.48. The van der Waals surface area contributed by atoms with E-state index in [0.717, 1.165) is 17.4 Å². The SMILES string of the molecule is CCSCC(O)C1CCCC(C)C1. The first-order valence-electron chi connectivity index (χ1n) is 5.49. The fourth-order valence-electron chi connectivity index (χ4n) is 2.21. The molecule has 0 bridgehead atoms.